The molecule has 1 aromatic heterocycles. The quantitative estimate of drug-likeness (QED) is 0.539. The van der Waals surface area contributed by atoms with Gasteiger partial charge in [0, 0.05) is 36.6 Å². The van der Waals surface area contributed by atoms with Crippen molar-refractivity contribution in [3.8, 4) is 0 Å². The van der Waals surface area contributed by atoms with Crippen LogP contribution in [0.5, 0.6) is 0 Å². The molecule has 0 saturated carbocycles. The van der Waals surface area contributed by atoms with E-state index in [1.807, 2.05) is 0 Å². The largest absolute Gasteiger partial charge is 0.416 e. The molecule has 0 N–H and O–H groups in total. The van der Waals surface area contributed by atoms with Gasteiger partial charge < -0.3 is 4.90 Å². The fourth-order valence-electron chi connectivity index (χ4n) is 3.74. The molecule has 0 atom stereocenters. The number of sulfonamides is 1. The molecule has 1 aliphatic rings. The summed E-state index contributed by atoms with van der Waals surface area (Å²) in [5.41, 5.74) is 0.593. The number of fused-ring (bicyclic) bond motifs is 1. The Morgan fingerprint density at radius 3 is 2.39 bits per heavy atom. The topological polar surface area (TPSA) is 70.6 Å². The number of hydrogen-bond donors (Lipinski definition) is 0. The highest BCUT2D eigenvalue weighted by atomic mass is 35.5. The van der Waals surface area contributed by atoms with E-state index >= 15 is 0 Å². The van der Waals surface area contributed by atoms with E-state index in [9.17, 15) is 26.4 Å². The van der Waals surface area contributed by atoms with Gasteiger partial charge in [-0.3, -0.25) is 9.78 Å². The first kappa shape index (κ1) is 23.5. The summed E-state index contributed by atoms with van der Waals surface area (Å²) >= 11 is 6.04. The predicted octanol–water partition coefficient (Wildman–Crippen LogP) is 4.36. The number of aryl methyl sites for hydroxylation is 1. The Balaban J connectivity index is 1.51. The first-order valence-electron chi connectivity index (χ1n) is 10.0. The first-order valence-corrected chi connectivity index (χ1v) is 11.8. The van der Waals surface area contributed by atoms with Crippen molar-refractivity contribution in [3.05, 3.63) is 70.4 Å². The van der Waals surface area contributed by atoms with Gasteiger partial charge in [-0.05, 0) is 49.4 Å². The molecule has 1 amide bonds. The second-order valence-corrected chi connectivity index (χ2v) is 10.1. The van der Waals surface area contributed by atoms with E-state index in [2.05, 4.69) is 4.98 Å². The zero-order chi connectivity index (χ0) is 24.0. The van der Waals surface area contributed by atoms with E-state index in [4.69, 9.17) is 11.6 Å². The summed E-state index contributed by atoms with van der Waals surface area (Å²) in [5.74, 6) is -0.294. The lowest BCUT2D eigenvalue weighted by atomic mass is 10.1. The van der Waals surface area contributed by atoms with Crippen LogP contribution in [0, 0.1) is 6.92 Å². The third-order valence-electron chi connectivity index (χ3n) is 5.52. The zero-order valence-electron chi connectivity index (χ0n) is 17.4. The molecule has 11 heteroatoms. The molecular formula is C22H19ClF3N3O3S. The number of pyridine rings is 1. The number of carbonyl (C=O) groups excluding carboxylic acids is 1. The lowest BCUT2D eigenvalue weighted by Gasteiger charge is -2.34. The minimum atomic E-state index is -4.65. The van der Waals surface area contributed by atoms with Crippen molar-refractivity contribution in [1.29, 1.82) is 0 Å². The van der Waals surface area contributed by atoms with Crippen LogP contribution in [-0.4, -0.2) is 54.7 Å². The molecule has 2 heterocycles. The van der Waals surface area contributed by atoms with E-state index in [1.165, 1.54) is 4.90 Å². The highest BCUT2D eigenvalue weighted by Gasteiger charge is 2.34. The van der Waals surface area contributed by atoms with Crippen LogP contribution in [0.3, 0.4) is 0 Å². The molecular weight excluding hydrogens is 479 g/mol. The summed E-state index contributed by atoms with van der Waals surface area (Å²) < 4.78 is 65.8. The molecule has 4 rings (SSSR count). The summed E-state index contributed by atoms with van der Waals surface area (Å²) in [6.45, 7) is 1.86. The maximum atomic E-state index is 13.1. The molecule has 0 radical (unpaired) electrons. The number of nitrogens with zero attached hydrogens (tertiary/aromatic N) is 3. The molecule has 6 nitrogen and oxygen atoms in total. The Bertz CT molecular complexity index is 1340. The predicted molar refractivity (Wildman–Crippen MR) is 118 cm³/mol. The summed E-state index contributed by atoms with van der Waals surface area (Å²) in [6.07, 6.45) is -4.65. The van der Waals surface area contributed by atoms with Crippen molar-refractivity contribution >= 4 is 38.4 Å². The Kier molecular flexibility index (Phi) is 6.10. The maximum absolute atomic E-state index is 13.1. The molecule has 0 bridgehead atoms. The SMILES string of the molecule is Cc1nc2ccc(Cl)cc2cc1C(=O)N1CCN(S(=O)(=O)c2cccc(C(F)(F)F)c2)CC1. The number of carbonyl (C=O) groups is 1. The summed E-state index contributed by atoms with van der Waals surface area (Å²) in [5, 5.41) is 1.22. The van der Waals surface area contributed by atoms with Crippen LogP contribution in [0.1, 0.15) is 21.6 Å². The van der Waals surface area contributed by atoms with Gasteiger partial charge in [0.1, 0.15) is 0 Å². The van der Waals surface area contributed by atoms with E-state index in [0.717, 1.165) is 22.5 Å². The molecule has 3 aromatic rings. The molecule has 2 aromatic carbocycles. The fourth-order valence-corrected chi connectivity index (χ4v) is 5.39. The molecule has 1 fully saturated rings. The van der Waals surface area contributed by atoms with Crippen LogP contribution in [-0.2, 0) is 16.2 Å². The Labute approximate surface area is 193 Å². The average Bonchev–Trinajstić information content (AvgIpc) is 2.78. The van der Waals surface area contributed by atoms with Crippen LogP contribution in [0.4, 0.5) is 13.2 Å². The molecule has 1 aliphatic heterocycles. The van der Waals surface area contributed by atoms with Crippen molar-refractivity contribution < 1.29 is 26.4 Å². The minimum Gasteiger partial charge on any atom is -0.336 e. The van der Waals surface area contributed by atoms with Crippen LogP contribution < -0.4 is 0 Å². The average molecular weight is 498 g/mol. The lowest BCUT2D eigenvalue weighted by molar-refractivity contribution is -0.137. The number of halogens is 4. The summed E-state index contributed by atoms with van der Waals surface area (Å²) in [6, 6.07) is 10.5. The van der Waals surface area contributed by atoms with Gasteiger partial charge in [-0.15, -0.1) is 0 Å². The van der Waals surface area contributed by atoms with E-state index in [0.29, 0.717) is 33.2 Å². The molecule has 0 unspecified atom stereocenters. The van der Waals surface area contributed by atoms with Gasteiger partial charge >= 0.3 is 6.18 Å². The number of benzene rings is 2. The maximum Gasteiger partial charge on any atom is 0.416 e. The fraction of sp³-hybridized carbons (Fsp3) is 0.273. The van der Waals surface area contributed by atoms with Crippen LogP contribution in [0.2, 0.25) is 5.02 Å². The van der Waals surface area contributed by atoms with Gasteiger partial charge in [0.2, 0.25) is 10.0 Å². The summed E-state index contributed by atoms with van der Waals surface area (Å²) in [4.78, 5) is 18.6. The number of amides is 1. The second-order valence-electron chi connectivity index (χ2n) is 7.68. The van der Waals surface area contributed by atoms with Crippen LogP contribution >= 0.6 is 11.6 Å². The van der Waals surface area contributed by atoms with Gasteiger partial charge in [-0.1, -0.05) is 17.7 Å². The van der Waals surface area contributed by atoms with E-state index in [1.54, 1.807) is 31.2 Å². The zero-order valence-corrected chi connectivity index (χ0v) is 19.0. The highest BCUT2D eigenvalue weighted by Crippen LogP contribution is 2.31. The molecule has 1 saturated heterocycles. The number of rotatable bonds is 3. The Hall–Kier alpha value is -2.69. The standard InChI is InChI=1S/C22H19ClF3N3O3S/c1-14-19(12-15-11-17(23)5-6-20(15)27-14)21(30)28-7-9-29(10-8-28)33(31,32)18-4-2-3-16(13-18)22(24,25)26/h2-6,11-13H,7-10H2,1H3. The van der Waals surface area contributed by atoms with Crippen molar-refractivity contribution in [2.24, 2.45) is 0 Å². The van der Waals surface area contributed by atoms with Gasteiger partial charge in [-0.2, -0.15) is 17.5 Å². The number of aromatic nitrogens is 1. The Morgan fingerprint density at radius 1 is 1.03 bits per heavy atom. The molecule has 0 spiro atoms. The van der Waals surface area contributed by atoms with Crippen LogP contribution in [0.15, 0.2) is 53.4 Å². The molecule has 174 valence electrons. The van der Waals surface area contributed by atoms with E-state index < -0.39 is 26.7 Å². The van der Waals surface area contributed by atoms with Crippen LogP contribution in [0.25, 0.3) is 10.9 Å². The minimum absolute atomic E-state index is 0.0315. The normalized spacial score (nSPS) is 15.7. The lowest BCUT2D eigenvalue weighted by Crippen LogP contribution is -2.50. The first-order chi connectivity index (χ1) is 15.5. The third-order valence-corrected chi connectivity index (χ3v) is 7.65. The van der Waals surface area contributed by atoms with Crippen molar-refractivity contribution in [2.75, 3.05) is 26.2 Å². The van der Waals surface area contributed by atoms with Crippen molar-refractivity contribution in [3.63, 3.8) is 0 Å². The number of alkyl halides is 3. The third kappa shape index (κ3) is 4.68. The monoisotopic (exact) mass is 497 g/mol. The molecule has 33 heavy (non-hydrogen) atoms. The summed E-state index contributed by atoms with van der Waals surface area (Å²) in [7, 11) is -4.13. The Morgan fingerprint density at radius 2 is 1.73 bits per heavy atom. The van der Waals surface area contributed by atoms with Crippen molar-refractivity contribution in [2.45, 2.75) is 18.0 Å². The highest BCUT2D eigenvalue weighted by molar-refractivity contribution is 7.89. The van der Waals surface area contributed by atoms with Gasteiger partial charge in [0.25, 0.3) is 5.91 Å². The molecule has 0 aliphatic carbocycles. The van der Waals surface area contributed by atoms with Gasteiger partial charge in [0.05, 0.1) is 27.2 Å². The van der Waals surface area contributed by atoms with E-state index in [-0.39, 0.29) is 32.1 Å². The number of hydrogen-bond acceptors (Lipinski definition) is 4. The second kappa shape index (κ2) is 8.58. The smallest absolute Gasteiger partial charge is 0.336 e. The number of piperazine rings is 1. The van der Waals surface area contributed by atoms with Crippen molar-refractivity contribution in [1.82, 2.24) is 14.2 Å². The van der Waals surface area contributed by atoms with Gasteiger partial charge in [0.15, 0.2) is 0 Å². The van der Waals surface area contributed by atoms with Gasteiger partial charge in [-0.25, -0.2) is 8.42 Å².